The fraction of sp³-hybridized carbons (Fsp3) is 0.462. The van der Waals surface area contributed by atoms with Crippen molar-refractivity contribution in [3.8, 4) is 0 Å². The smallest absolute Gasteiger partial charge is 0.338 e. The number of nitrogens with zero attached hydrogens (tertiary/aromatic N) is 2. The summed E-state index contributed by atoms with van der Waals surface area (Å²) in [6.45, 7) is 5.82. The molecule has 0 aliphatic rings. The van der Waals surface area contributed by atoms with Crippen molar-refractivity contribution in [2.45, 2.75) is 32.7 Å². The van der Waals surface area contributed by atoms with Crippen LogP contribution >= 0.6 is 0 Å². The van der Waals surface area contributed by atoms with Gasteiger partial charge in [0.05, 0.1) is 5.56 Å². The number of carboxylic acids is 1. The number of carbonyl (C=O) groups is 2. The van der Waals surface area contributed by atoms with Gasteiger partial charge in [-0.05, 0) is 32.4 Å². The molecule has 1 amide bonds. The summed E-state index contributed by atoms with van der Waals surface area (Å²) in [6.07, 6.45) is 2.19. The molecule has 1 aromatic rings. The predicted molar refractivity (Wildman–Crippen MR) is 67.7 cm³/mol. The second kappa shape index (κ2) is 5.16. The van der Waals surface area contributed by atoms with Gasteiger partial charge >= 0.3 is 5.97 Å². The van der Waals surface area contributed by atoms with Crippen LogP contribution < -0.4 is 0 Å². The van der Waals surface area contributed by atoms with Gasteiger partial charge in [0.1, 0.15) is 5.69 Å². The number of rotatable bonds is 4. The van der Waals surface area contributed by atoms with E-state index in [1.54, 1.807) is 7.05 Å². The number of pyridine rings is 1. The fourth-order valence-corrected chi connectivity index (χ4v) is 1.42. The Hall–Kier alpha value is -1.91. The highest BCUT2D eigenvalue weighted by Crippen LogP contribution is 2.19. The van der Waals surface area contributed by atoms with Crippen molar-refractivity contribution in [1.29, 1.82) is 0 Å². The Morgan fingerprint density at radius 3 is 2.56 bits per heavy atom. The number of amides is 1. The SMILES string of the molecule is CCC(C)(C)N(C)C(=O)c1ncccc1C(=O)O. The standard InChI is InChI=1S/C13H18N2O3/c1-5-13(2,3)15(4)11(16)10-9(12(17)18)7-6-8-14-10/h6-8H,5H2,1-4H3,(H,17,18). The minimum Gasteiger partial charge on any atom is -0.478 e. The third-order valence-electron chi connectivity index (χ3n) is 3.32. The molecule has 0 fully saturated rings. The molecule has 0 aromatic carbocycles. The van der Waals surface area contributed by atoms with E-state index in [-0.39, 0.29) is 22.7 Å². The van der Waals surface area contributed by atoms with Crippen LogP contribution in [0.25, 0.3) is 0 Å². The van der Waals surface area contributed by atoms with E-state index in [1.807, 2.05) is 20.8 Å². The highest BCUT2D eigenvalue weighted by molar-refractivity contribution is 6.03. The van der Waals surface area contributed by atoms with Crippen LogP contribution in [0.3, 0.4) is 0 Å². The van der Waals surface area contributed by atoms with Gasteiger partial charge in [0, 0.05) is 18.8 Å². The molecule has 98 valence electrons. The van der Waals surface area contributed by atoms with Gasteiger partial charge in [-0.15, -0.1) is 0 Å². The van der Waals surface area contributed by atoms with E-state index < -0.39 is 5.97 Å². The molecule has 0 saturated heterocycles. The second-order valence-corrected chi connectivity index (χ2v) is 4.73. The summed E-state index contributed by atoms with van der Waals surface area (Å²) in [7, 11) is 1.66. The van der Waals surface area contributed by atoms with Crippen LogP contribution in [-0.4, -0.2) is 39.5 Å². The molecule has 0 saturated carbocycles. The average molecular weight is 250 g/mol. The van der Waals surface area contributed by atoms with Crippen LogP contribution in [0, 0.1) is 0 Å². The van der Waals surface area contributed by atoms with Crippen molar-refractivity contribution in [2.24, 2.45) is 0 Å². The number of carboxylic acid groups (broad SMARTS) is 1. The summed E-state index contributed by atoms with van der Waals surface area (Å²) in [5, 5.41) is 9.05. The Morgan fingerprint density at radius 2 is 2.06 bits per heavy atom. The van der Waals surface area contributed by atoms with Crippen molar-refractivity contribution in [2.75, 3.05) is 7.05 Å². The molecule has 18 heavy (non-hydrogen) atoms. The summed E-state index contributed by atoms with van der Waals surface area (Å²) < 4.78 is 0. The number of hydrogen-bond donors (Lipinski definition) is 1. The molecule has 0 unspecified atom stereocenters. The van der Waals surface area contributed by atoms with Gasteiger partial charge in [0.25, 0.3) is 5.91 Å². The number of aromatic carboxylic acids is 1. The molecule has 5 nitrogen and oxygen atoms in total. The lowest BCUT2D eigenvalue weighted by atomic mass is 9.99. The summed E-state index contributed by atoms with van der Waals surface area (Å²) in [5.41, 5.74) is -0.431. The van der Waals surface area contributed by atoms with Crippen LogP contribution in [0.15, 0.2) is 18.3 Å². The van der Waals surface area contributed by atoms with Gasteiger partial charge in [-0.1, -0.05) is 6.92 Å². The van der Waals surface area contributed by atoms with E-state index in [2.05, 4.69) is 4.98 Å². The van der Waals surface area contributed by atoms with Gasteiger partial charge in [0.15, 0.2) is 0 Å². The third-order valence-corrected chi connectivity index (χ3v) is 3.32. The first-order chi connectivity index (χ1) is 8.31. The maximum Gasteiger partial charge on any atom is 0.338 e. The van der Waals surface area contributed by atoms with Crippen LogP contribution in [-0.2, 0) is 0 Å². The molecule has 1 aromatic heterocycles. The van der Waals surface area contributed by atoms with Gasteiger partial charge in [-0.2, -0.15) is 0 Å². The number of hydrogen-bond acceptors (Lipinski definition) is 3. The fourth-order valence-electron chi connectivity index (χ4n) is 1.42. The van der Waals surface area contributed by atoms with Crippen LogP contribution in [0.4, 0.5) is 0 Å². The van der Waals surface area contributed by atoms with Crippen molar-refractivity contribution >= 4 is 11.9 Å². The molecule has 0 radical (unpaired) electrons. The molecule has 0 aliphatic heterocycles. The Kier molecular flexibility index (Phi) is 4.06. The van der Waals surface area contributed by atoms with E-state index in [1.165, 1.54) is 23.2 Å². The molecule has 0 bridgehead atoms. The summed E-state index contributed by atoms with van der Waals surface area (Å²) in [4.78, 5) is 28.8. The summed E-state index contributed by atoms with van der Waals surface area (Å²) >= 11 is 0. The van der Waals surface area contributed by atoms with Gasteiger partial charge < -0.3 is 10.0 Å². The molecular formula is C13H18N2O3. The molecular weight excluding hydrogens is 232 g/mol. The number of carbonyl (C=O) groups excluding carboxylic acids is 1. The topological polar surface area (TPSA) is 70.5 Å². The maximum atomic E-state index is 12.3. The minimum absolute atomic E-state index is 0.0194. The zero-order valence-corrected chi connectivity index (χ0v) is 11.1. The zero-order chi connectivity index (χ0) is 13.9. The predicted octanol–water partition coefficient (Wildman–Crippen LogP) is 2.04. The van der Waals surface area contributed by atoms with Crippen LogP contribution in [0.5, 0.6) is 0 Å². The van der Waals surface area contributed by atoms with Crippen molar-refractivity contribution in [3.63, 3.8) is 0 Å². The largest absolute Gasteiger partial charge is 0.478 e. The second-order valence-electron chi connectivity index (χ2n) is 4.73. The highest BCUT2D eigenvalue weighted by atomic mass is 16.4. The first-order valence-corrected chi connectivity index (χ1v) is 5.77. The zero-order valence-electron chi connectivity index (χ0n) is 11.1. The normalized spacial score (nSPS) is 11.1. The molecule has 1 N–H and O–H groups in total. The van der Waals surface area contributed by atoms with Gasteiger partial charge in [0.2, 0.25) is 0 Å². The Morgan fingerprint density at radius 1 is 1.44 bits per heavy atom. The van der Waals surface area contributed by atoms with E-state index in [9.17, 15) is 9.59 Å². The summed E-state index contributed by atoms with van der Waals surface area (Å²) in [5.74, 6) is -1.52. The Balaban J connectivity index is 3.16. The van der Waals surface area contributed by atoms with Crippen molar-refractivity contribution < 1.29 is 14.7 Å². The van der Waals surface area contributed by atoms with Gasteiger partial charge in [-0.25, -0.2) is 4.79 Å². The quantitative estimate of drug-likeness (QED) is 0.887. The monoisotopic (exact) mass is 250 g/mol. The Bertz CT molecular complexity index is 469. The maximum absolute atomic E-state index is 12.3. The van der Waals surface area contributed by atoms with Crippen LogP contribution in [0.1, 0.15) is 48.0 Å². The lowest BCUT2D eigenvalue weighted by molar-refractivity contribution is 0.0594. The highest BCUT2D eigenvalue weighted by Gasteiger charge is 2.29. The molecule has 1 rings (SSSR count). The molecule has 0 aliphatic carbocycles. The van der Waals surface area contributed by atoms with Crippen LogP contribution in [0.2, 0.25) is 0 Å². The third kappa shape index (κ3) is 2.67. The van der Waals surface area contributed by atoms with Crippen molar-refractivity contribution in [3.05, 3.63) is 29.6 Å². The van der Waals surface area contributed by atoms with E-state index in [0.717, 1.165) is 6.42 Å². The molecule has 1 heterocycles. The first kappa shape index (κ1) is 14.2. The van der Waals surface area contributed by atoms with E-state index in [0.29, 0.717) is 0 Å². The summed E-state index contributed by atoms with van der Waals surface area (Å²) in [6, 6.07) is 2.89. The average Bonchev–Trinajstić information content (AvgIpc) is 2.36. The molecule has 5 heteroatoms. The van der Waals surface area contributed by atoms with E-state index in [4.69, 9.17) is 5.11 Å². The molecule has 0 atom stereocenters. The van der Waals surface area contributed by atoms with Crippen molar-refractivity contribution in [1.82, 2.24) is 9.88 Å². The lowest BCUT2D eigenvalue weighted by Gasteiger charge is -2.34. The van der Waals surface area contributed by atoms with Gasteiger partial charge in [-0.3, -0.25) is 9.78 Å². The lowest BCUT2D eigenvalue weighted by Crippen LogP contribution is -2.45. The Labute approximate surface area is 106 Å². The first-order valence-electron chi connectivity index (χ1n) is 5.77. The molecule has 0 spiro atoms. The van der Waals surface area contributed by atoms with E-state index >= 15 is 0 Å². The minimum atomic E-state index is -1.14. The number of aromatic nitrogens is 1.